The van der Waals surface area contributed by atoms with Gasteiger partial charge >= 0.3 is 6.09 Å². The molecule has 1 aliphatic rings. The summed E-state index contributed by atoms with van der Waals surface area (Å²) in [5, 5.41) is 2.99. The van der Waals surface area contributed by atoms with E-state index in [1.165, 1.54) is 5.52 Å². The first-order chi connectivity index (χ1) is 11.3. The number of imidazole rings is 1. The fourth-order valence-corrected chi connectivity index (χ4v) is 3.62. The number of amides is 1. The molecule has 0 spiro atoms. The molecule has 6 heteroatoms. The number of nitrogens with zero attached hydrogens (tertiary/aromatic N) is 2. The molecule has 0 saturated heterocycles. The lowest BCUT2D eigenvalue weighted by molar-refractivity contribution is 0.0488. The summed E-state index contributed by atoms with van der Waals surface area (Å²) in [7, 11) is 0. The first-order valence-electron chi connectivity index (χ1n) is 8.43. The number of hydrogen-bond acceptors (Lipinski definition) is 3. The molecular formula is C18H24BrN3O2. The van der Waals surface area contributed by atoms with Crippen molar-refractivity contribution in [1.29, 1.82) is 0 Å². The van der Waals surface area contributed by atoms with Crippen LogP contribution in [0.4, 0.5) is 4.79 Å². The molecule has 1 aliphatic carbocycles. The quantitative estimate of drug-likeness (QED) is 0.796. The average molecular weight is 394 g/mol. The van der Waals surface area contributed by atoms with Crippen molar-refractivity contribution < 1.29 is 9.53 Å². The monoisotopic (exact) mass is 393 g/mol. The second kappa shape index (κ2) is 6.75. The number of carbonyl (C=O) groups excluding carboxylic acids is 1. The molecule has 1 N–H and O–H groups in total. The summed E-state index contributed by atoms with van der Waals surface area (Å²) in [5.74, 6) is 0. The van der Waals surface area contributed by atoms with Gasteiger partial charge in [0.05, 0.1) is 17.4 Å². The molecule has 0 aliphatic heterocycles. The molecule has 1 aromatic carbocycles. The molecular weight excluding hydrogens is 370 g/mol. The largest absolute Gasteiger partial charge is 0.444 e. The van der Waals surface area contributed by atoms with E-state index in [1.807, 2.05) is 33.2 Å². The summed E-state index contributed by atoms with van der Waals surface area (Å²) < 4.78 is 8.65. The minimum absolute atomic E-state index is 0.194. The summed E-state index contributed by atoms with van der Waals surface area (Å²) in [6, 6.07) is 6.84. The van der Waals surface area contributed by atoms with Crippen molar-refractivity contribution >= 4 is 33.1 Å². The van der Waals surface area contributed by atoms with Crippen LogP contribution < -0.4 is 5.32 Å². The van der Waals surface area contributed by atoms with E-state index in [9.17, 15) is 4.79 Å². The van der Waals surface area contributed by atoms with E-state index in [0.29, 0.717) is 6.04 Å². The van der Waals surface area contributed by atoms with Gasteiger partial charge in [0.1, 0.15) is 5.60 Å². The van der Waals surface area contributed by atoms with Crippen LogP contribution >= 0.6 is 15.9 Å². The Kier molecular flexibility index (Phi) is 4.85. The highest BCUT2D eigenvalue weighted by Crippen LogP contribution is 2.31. The van der Waals surface area contributed by atoms with E-state index in [-0.39, 0.29) is 12.1 Å². The lowest BCUT2D eigenvalue weighted by atomic mass is 9.91. The number of carbonyl (C=O) groups is 1. The number of benzene rings is 1. The van der Waals surface area contributed by atoms with E-state index in [0.717, 1.165) is 35.7 Å². The number of ether oxygens (including phenoxy) is 1. The number of nitrogens with one attached hydrogen (secondary N) is 1. The van der Waals surface area contributed by atoms with Crippen LogP contribution in [0.15, 0.2) is 29.0 Å². The predicted octanol–water partition coefficient (Wildman–Crippen LogP) is 4.81. The molecule has 2 aromatic rings. The Hall–Kier alpha value is -1.56. The van der Waals surface area contributed by atoms with Crippen LogP contribution in [0.2, 0.25) is 0 Å². The Labute approximate surface area is 150 Å². The molecule has 1 aromatic heterocycles. The van der Waals surface area contributed by atoms with E-state index in [2.05, 4.69) is 42.9 Å². The Bertz CT molecular complexity index is 727. The van der Waals surface area contributed by atoms with Gasteiger partial charge in [-0.3, -0.25) is 0 Å². The molecule has 5 nitrogen and oxygen atoms in total. The third-order valence-electron chi connectivity index (χ3n) is 4.35. The zero-order valence-corrected chi connectivity index (χ0v) is 16.0. The van der Waals surface area contributed by atoms with Gasteiger partial charge in [0.15, 0.2) is 0 Å². The average Bonchev–Trinajstić information content (AvgIpc) is 2.89. The molecule has 3 rings (SSSR count). The summed E-state index contributed by atoms with van der Waals surface area (Å²) in [4.78, 5) is 16.4. The van der Waals surface area contributed by atoms with Gasteiger partial charge in [0.2, 0.25) is 0 Å². The van der Waals surface area contributed by atoms with Crippen LogP contribution in [0, 0.1) is 0 Å². The fraction of sp³-hybridized carbons (Fsp3) is 0.556. The molecule has 0 atom stereocenters. The van der Waals surface area contributed by atoms with Crippen molar-refractivity contribution in [1.82, 2.24) is 14.9 Å². The highest BCUT2D eigenvalue weighted by molar-refractivity contribution is 9.10. The molecule has 1 amide bonds. The number of halogens is 1. The van der Waals surface area contributed by atoms with Crippen LogP contribution in [-0.4, -0.2) is 27.3 Å². The minimum atomic E-state index is -0.453. The first kappa shape index (κ1) is 17.3. The maximum Gasteiger partial charge on any atom is 0.407 e. The third kappa shape index (κ3) is 4.09. The van der Waals surface area contributed by atoms with Gasteiger partial charge in [-0.25, -0.2) is 9.78 Å². The molecule has 1 fully saturated rings. The first-order valence-corrected chi connectivity index (χ1v) is 9.23. The number of rotatable bonds is 2. The second-order valence-corrected chi connectivity index (χ2v) is 8.35. The van der Waals surface area contributed by atoms with E-state index < -0.39 is 5.60 Å². The van der Waals surface area contributed by atoms with Crippen LogP contribution in [0.5, 0.6) is 0 Å². The van der Waals surface area contributed by atoms with Crippen LogP contribution in [0.1, 0.15) is 52.5 Å². The second-order valence-electron chi connectivity index (χ2n) is 7.44. The van der Waals surface area contributed by atoms with Crippen molar-refractivity contribution in [3.8, 4) is 0 Å². The van der Waals surface area contributed by atoms with Crippen molar-refractivity contribution in [3.05, 3.63) is 29.0 Å². The van der Waals surface area contributed by atoms with Gasteiger partial charge < -0.3 is 14.6 Å². The predicted molar refractivity (Wildman–Crippen MR) is 98.1 cm³/mol. The summed E-state index contributed by atoms with van der Waals surface area (Å²) in [6.45, 7) is 5.64. The van der Waals surface area contributed by atoms with Gasteiger partial charge in [-0.2, -0.15) is 0 Å². The summed E-state index contributed by atoms with van der Waals surface area (Å²) in [6.07, 6.45) is 5.59. The van der Waals surface area contributed by atoms with Crippen molar-refractivity contribution in [2.24, 2.45) is 0 Å². The highest BCUT2D eigenvalue weighted by Gasteiger charge is 2.26. The Morgan fingerprint density at radius 2 is 2.00 bits per heavy atom. The van der Waals surface area contributed by atoms with Crippen molar-refractivity contribution in [3.63, 3.8) is 0 Å². The maximum absolute atomic E-state index is 11.9. The highest BCUT2D eigenvalue weighted by atomic mass is 79.9. The van der Waals surface area contributed by atoms with E-state index in [4.69, 9.17) is 4.74 Å². The maximum atomic E-state index is 11.9. The van der Waals surface area contributed by atoms with Gasteiger partial charge in [-0.1, -0.05) is 15.9 Å². The smallest absolute Gasteiger partial charge is 0.407 e. The summed E-state index contributed by atoms with van der Waals surface area (Å²) in [5.41, 5.74) is 1.73. The van der Waals surface area contributed by atoms with Gasteiger partial charge in [-0.05, 0) is 64.7 Å². The Morgan fingerprint density at radius 3 is 2.67 bits per heavy atom. The lowest BCUT2D eigenvalue weighted by Gasteiger charge is -2.31. The van der Waals surface area contributed by atoms with Crippen molar-refractivity contribution in [2.75, 3.05) is 0 Å². The number of hydrogen-bond donors (Lipinski definition) is 1. The molecule has 130 valence electrons. The zero-order valence-electron chi connectivity index (χ0n) is 14.4. The third-order valence-corrected chi connectivity index (χ3v) is 4.84. The van der Waals surface area contributed by atoms with Gasteiger partial charge in [0, 0.05) is 16.6 Å². The number of alkyl carbamates (subject to hydrolysis) is 1. The standard InChI is InChI=1S/C18H24BrN3O2/c1-18(2,3)24-17(23)21-13-5-7-14(8-6-13)22-11-20-15-10-12(19)4-9-16(15)22/h4,9-11,13-14H,5-8H2,1-3H3,(H,21,23). The zero-order chi connectivity index (χ0) is 17.3. The normalized spacial score (nSPS) is 21.7. The number of aromatic nitrogens is 2. The fourth-order valence-electron chi connectivity index (χ4n) is 3.27. The molecule has 0 radical (unpaired) electrons. The lowest BCUT2D eigenvalue weighted by Crippen LogP contribution is -2.41. The van der Waals surface area contributed by atoms with Crippen LogP contribution in [-0.2, 0) is 4.74 Å². The topological polar surface area (TPSA) is 56.1 Å². The summed E-state index contributed by atoms with van der Waals surface area (Å²) >= 11 is 3.49. The van der Waals surface area contributed by atoms with Gasteiger partial charge in [-0.15, -0.1) is 0 Å². The van der Waals surface area contributed by atoms with Crippen molar-refractivity contribution in [2.45, 2.75) is 64.1 Å². The minimum Gasteiger partial charge on any atom is -0.444 e. The SMILES string of the molecule is CC(C)(C)OC(=O)NC1CCC(n2cnc3cc(Br)ccc32)CC1. The molecule has 24 heavy (non-hydrogen) atoms. The number of fused-ring (bicyclic) bond motifs is 1. The molecule has 1 saturated carbocycles. The molecule has 1 heterocycles. The Morgan fingerprint density at radius 1 is 1.29 bits per heavy atom. The van der Waals surface area contributed by atoms with E-state index in [1.54, 1.807) is 0 Å². The molecule has 0 bridgehead atoms. The van der Waals surface area contributed by atoms with Crippen LogP contribution in [0.25, 0.3) is 11.0 Å². The molecule has 0 unspecified atom stereocenters. The van der Waals surface area contributed by atoms with Gasteiger partial charge in [0.25, 0.3) is 0 Å². The van der Waals surface area contributed by atoms with E-state index >= 15 is 0 Å². The van der Waals surface area contributed by atoms with Crippen LogP contribution in [0.3, 0.4) is 0 Å². The Balaban J connectivity index is 1.59.